The van der Waals surface area contributed by atoms with Gasteiger partial charge in [-0.25, -0.2) is 13.2 Å². The fraction of sp³-hybridized carbons (Fsp3) is 0.444. The van der Waals surface area contributed by atoms with E-state index >= 15 is 0 Å². The van der Waals surface area contributed by atoms with E-state index in [2.05, 4.69) is 0 Å². The molecule has 1 fully saturated rings. The predicted octanol–water partition coefficient (Wildman–Crippen LogP) is 1.69. The van der Waals surface area contributed by atoms with Crippen LogP contribution in [-0.2, 0) is 24.2 Å². The number of sulfone groups is 1. The van der Waals surface area contributed by atoms with Gasteiger partial charge in [-0.1, -0.05) is 11.6 Å². The Morgan fingerprint density at radius 2 is 2.11 bits per heavy atom. The van der Waals surface area contributed by atoms with Crippen LogP contribution in [0.3, 0.4) is 0 Å². The predicted molar refractivity (Wildman–Crippen MR) is 100 cm³/mol. The van der Waals surface area contributed by atoms with Crippen LogP contribution in [0.1, 0.15) is 18.9 Å². The second-order valence-corrected chi connectivity index (χ2v) is 9.36. The zero-order valence-electron chi connectivity index (χ0n) is 15.0. The second kappa shape index (κ2) is 7.52. The van der Waals surface area contributed by atoms with Gasteiger partial charge in [-0.15, -0.1) is 0 Å². The number of hydrogen-bond acceptors (Lipinski definition) is 6. The Morgan fingerprint density at radius 3 is 2.78 bits per heavy atom. The van der Waals surface area contributed by atoms with Gasteiger partial charge in [0.15, 0.2) is 15.9 Å². The maximum Gasteiger partial charge on any atom is 0.338 e. The molecule has 2 aliphatic heterocycles. The fourth-order valence-electron chi connectivity index (χ4n) is 3.10. The van der Waals surface area contributed by atoms with Crippen LogP contribution in [0.2, 0.25) is 5.02 Å². The third-order valence-electron chi connectivity index (χ3n) is 4.68. The van der Waals surface area contributed by atoms with E-state index in [0.29, 0.717) is 22.8 Å². The van der Waals surface area contributed by atoms with Crippen LogP contribution in [-0.4, -0.2) is 62.5 Å². The number of benzene rings is 1. The lowest BCUT2D eigenvalue weighted by Gasteiger charge is -2.26. The quantitative estimate of drug-likeness (QED) is 0.698. The molecule has 0 unspecified atom stereocenters. The van der Waals surface area contributed by atoms with Crippen molar-refractivity contribution < 1.29 is 27.5 Å². The van der Waals surface area contributed by atoms with Crippen LogP contribution in [0.25, 0.3) is 6.08 Å². The van der Waals surface area contributed by atoms with Crippen molar-refractivity contribution in [1.29, 1.82) is 0 Å². The molecule has 27 heavy (non-hydrogen) atoms. The van der Waals surface area contributed by atoms with Gasteiger partial charge in [0.05, 0.1) is 17.1 Å². The number of esters is 1. The summed E-state index contributed by atoms with van der Waals surface area (Å²) < 4.78 is 34.0. The van der Waals surface area contributed by atoms with Crippen LogP contribution in [0.5, 0.6) is 5.75 Å². The van der Waals surface area contributed by atoms with Crippen molar-refractivity contribution in [1.82, 2.24) is 4.90 Å². The molecule has 0 aromatic heterocycles. The number of fused-ring (bicyclic) bond motifs is 1. The average Bonchev–Trinajstić information content (AvgIpc) is 2.99. The van der Waals surface area contributed by atoms with Crippen LogP contribution >= 0.6 is 11.6 Å². The smallest absolute Gasteiger partial charge is 0.338 e. The second-order valence-electron chi connectivity index (χ2n) is 6.69. The third-order valence-corrected chi connectivity index (χ3v) is 6.67. The monoisotopic (exact) mass is 413 g/mol. The van der Waals surface area contributed by atoms with E-state index in [1.807, 2.05) is 0 Å². The third kappa shape index (κ3) is 4.44. The summed E-state index contributed by atoms with van der Waals surface area (Å²) in [7, 11) is -1.58. The number of halogens is 1. The summed E-state index contributed by atoms with van der Waals surface area (Å²) in [5.41, 5.74) is 0.934. The molecule has 1 aromatic carbocycles. The molecule has 0 saturated carbocycles. The van der Waals surface area contributed by atoms with Crippen LogP contribution < -0.4 is 4.74 Å². The topological polar surface area (TPSA) is 90.0 Å². The number of carbonyl (C=O) groups excluding carboxylic acids is 2. The Labute approximate surface area is 162 Å². The minimum absolute atomic E-state index is 0.0328. The van der Waals surface area contributed by atoms with E-state index in [1.165, 1.54) is 18.9 Å². The van der Waals surface area contributed by atoms with Crippen molar-refractivity contribution in [2.45, 2.75) is 25.5 Å². The lowest BCUT2D eigenvalue weighted by Crippen LogP contribution is -2.44. The Hall–Kier alpha value is -2.06. The largest absolute Gasteiger partial charge is 0.488 e. The molecule has 0 N–H and O–H groups in total. The normalized spacial score (nSPS) is 21.4. The summed E-state index contributed by atoms with van der Waals surface area (Å²) in [6.07, 6.45) is 0.978. The molecule has 1 saturated heterocycles. The zero-order valence-corrected chi connectivity index (χ0v) is 16.5. The maximum atomic E-state index is 12.5. The molecule has 0 radical (unpaired) electrons. The molecule has 7 nitrogen and oxygen atoms in total. The summed E-state index contributed by atoms with van der Waals surface area (Å²) in [5, 5.41) is 0.514. The lowest BCUT2D eigenvalue weighted by molar-refractivity contribution is -0.156. The van der Waals surface area contributed by atoms with Gasteiger partial charge < -0.3 is 14.4 Å². The van der Waals surface area contributed by atoms with Crippen molar-refractivity contribution in [2.75, 3.05) is 25.2 Å². The number of ether oxygens (including phenoxy) is 2. The zero-order chi connectivity index (χ0) is 19.8. The first-order valence-electron chi connectivity index (χ1n) is 8.47. The van der Waals surface area contributed by atoms with E-state index < -0.39 is 33.9 Å². The molecule has 2 atom stereocenters. The van der Waals surface area contributed by atoms with E-state index in [9.17, 15) is 18.0 Å². The first-order valence-corrected chi connectivity index (χ1v) is 10.7. The van der Waals surface area contributed by atoms with Crippen molar-refractivity contribution in [3.05, 3.63) is 34.4 Å². The first-order chi connectivity index (χ1) is 12.7. The lowest BCUT2D eigenvalue weighted by atomic mass is 10.1. The molecular weight excluding hydrogens is 394 g/mol. The molecule has 0 bridgehead atoms. The molecular formula is C18H20ClNO6S. The van der Waals surface area contributed by atoms with Gasteiger partial charge in [0, 0.05) is 23.7 Å². The number of hydrogen-bond donors (Lipinski definition) is 0. The minimum Gasteiger partial charge on any atom is -0.488 e. The summed E-state index contributed by atoms with van der Waals surface area (Å²) >= 11 is 5.95. The summed E-state index contributed by atoms with van der Waals surface area (Å²) in [5.74, 6) is -0.482. The molecule has 1 amide bonds. The number of likely N-dealkylation sites (N-methyl/N-ethyl adjacent to an activating group) is 1. The highest BCUT2D eigenvalue weighted by Crippen LogP contribution is 2.29. The summed E-state index contributed by atoms with van der Waals surface area (Å²) in [4.78, 5) is 26.2. The van der Waals surface area contributed by atoms with Crippen LogP contribution in [0.15, 0.2) is 23.8 Å². The first kappa shape index (κ1) is 19.7. The Bertz CT molecular complexity index is 910. The summed E-state index contributed by atoms with van der Waals surface area (Å²) in [6.45, 7) is 1.50. The van der Waals surface area contributed by atoms with Gasteiger partial charge in [0.1, 0.15) is 12.4 Å². The van der Waals surface area contributed by atoms with Crippen molar-refractivity contribution in [3.63, 3.8) is 0 Å². The highest BCUT2D eigenvalue weighted by Gasteiger charge is 2.35. The highest BCUT2D eigenvalue weighted by atomic mass is 35.5. The van der Waals surface area contributed by atoms with E-state index in [1.54, 1.807) is 24.3 Å². The van der Waals surface area contributed by atoms with E-state index in [0.717, 1.165) is 0 Å². The number of carbonyl (C=O) groups is 2. The van der Waals surface area contributed by atoms with Gasteiger partial charge in [0.25, 0.3) is 5.91 Å². The van der Waals surface area contributed by atoms with Gasteiger partial charge in [0.2, 0.25) is 0 Å². The molecule has 146 valence electrons. The van der Waals surface area contributed by atoms with Crippen molar-refractivity contribution in [3.8, 4) is 5.75 Å². The van der Waals surface area contributed by atoms with Crippen molar-refractivity contribution >= 4 is 39.4 Å². The summed E-state index contributed by atoms with van der Waals surface area (Å²) in [6, 6.07) is 4.69. The Morgan fingerprint density at radius 1 is 1.37 bits per heavy atom. The Balaban J connectivity index is 1.64. The number of amides is 1. The maximum absolute atomic E-state index is 12.5. The number of nitrogens with zero attached hydrogens (tertiary/aromatic N) is 1. The fourth-order valence-corrected chi connectivity index (χ4v) is 5.06. The SMILES string of the molecule is C[C@@H](OC(=O)C1=Cc2cc(Cl)ccc2OC1)C(=O)N(C)[C@H]1CCS(=O)(=O)C1. The molecule has 0 spiro atoms. The minimum atomic E-state index is -3.11. The average molecular weight is 414 g/mol. The van der Waals surface area contributed by atoms with E-state index in [4.69, 9.17) is 21.1 Å². The van der Waals surface area contributed by atoms with Gasteiger partial charge in [-0.3, -0.25) is 4.79 Å². The van der Waals surface area contributed by atoms with Crippen molar-refractivity contribution in [2.24, 2.45) is 0 Å². The Kier molecular flexibility index (Phi) is 5.48. The molecule has 2 aliphatic rings. The number of rotatable bonds is 4. The highest BCUT2D eigenvalue weighted by molar-refractivity contribution is 7.91. The van der Waals surface area contributed by atoms with Gasteiger partial charge >= 0.3 is 5.97 Å². The standard InChI is InChI=1S/C18H20ClNO6S/c1-11(17(21)20(2)15-5-6-27(23,24)10-15)26-18(22)13-7-12-8-14(19)3-4-16(12)25-9-13/h3-4,7-8,11,15H,5-6,9-10H2,1-2H3/t11-,15+/m1/s1. The molecule has 1 aromatic rings. The van der Waals surface area contributed by atoms with Gasteiger partial charge in [-0.05, 0) is 37.6 Å². The molecule has 2 heterocycles. The van der Waals surface area contributed by atoms with Crippen LogP contribution in [0.4, 0.5) is 0 Å². The molecule has 3 rings (SSSR count). The van der Waals surface area contributed by atoms with Gasteiger partial charge in [-0.2, -0.15) is 0 Å². The van der Waals surface area contributed by atoms with E-state index in [-0.39, 0.29) is 23.7 Å². The van der Waals surface area contributed by atoms with Crippen LogP contribution in [0, 0.1) is 0 Å². The molecule has 0 aliphatic carbocycles. The molecule has 9 heteroatoms.